The molecule has 0 rings (SSSR count). The summed E-state index contributed by atoms with van der Waals surface area (Å²) in [6, 6.07) is 0.841. The first kappa shape index (κ1) is 26.1. The predicted octanol–water partition coefficient (Wildman–Crippen LogP) is 5.90. The monoisotopic (exact) mass is 416 g/mol. The minimum atomic E-state index is -1.86. The molecule has 0 amide bonds. The van der Waals surface area contributed by atoms with Gasteiger partial charge in [-0.1, -0.05) is 39.5 Å². The maximum absolute atomic E-state index is 11.8. The van der Waals surface area contributed by atoms with Crippen molar-refractivity contribution in [2.45, 2.75) is 97.6 Å². The summed E-state index contributed by atoms with van der Waals surface area (Å²) in [4.78, 5) is 23.6. The van der Waals surface area contributed by atoms with Gasteiger partial charge in [0.2, 0.25) is 0 Å². The van der Waals surface area contributed by atoms with Gasteiger partial charge in [-0.25, -0.2) is 9.59 Å². The molecule has 0 heterocycles. The third-order valence-corrected chi connectivity index (χ3v) is 10.9. The molecule has 0 aromatic heterocycles. The average molecular weight is 417 g/mol. The van der Waals surface area contributed by atoms with E-state index in [1.54, 1.807) is 0 Å². The zero-order chi connectivity index (χ0) is 21.3. The topological polar surface area (TPSA) is 83.8 Å². The van der Waals surface area contributed by atoms with E-state index in [-0.39, 0.29) is 17.1 Å². The van der Waals surface area contributed by atoms with Gasteiger partial charge in [-0.2, -0.15) is 0 Å². The van der Waals surface area contributed by atoms with Crippen molar-refractivity contribution in [3.63, 3.8) is 0 Å². The highest BCUT2D eigenvalue weighted by molar-refractivity contribution is 6.84. The number of carbonyl (C=O) groups is 2. The summed E-state index contributed by atoms with van der Waals surface area (Å²) in [6.07, 6.45) is 5.22. The molecule has 0 bridgehead atoms. The fourth-order valence-electron chi connectivity index (χ4n) is 3.53. The van der Waals surface area contributed by atoms with Crippen LogP contribution in [0.3, 0.4) is 0 Å². The van der Waals surface area contributed by atoms with E-state index in [1.807, 2.05) is 6.92 Å². The van der Waals surface area contributed by atoms with Crippen LogP contribution in [0.5, 0.6) is 0 Å². The minimum absolute atomic E-state index is 0.0789. The van der Waals surface area contributed by atoms with E-state index in [9.17, 15) is 19.8 Å². The molecule has 0 saturated carbocycles. The molecule has 0 radical (unpaired) electrons. The van der Waals surface area contributed by atoms with Crippen LogP contribution in [0.15, 0.2) is 11.1 Å². The third kappa shape index (κ3) is 11.5. The Labute approximate surface area is 167 Å². The van der Waals surface area contributed by atoms with E-state index >= 15 is 0 Å². The molecule has 1 atom stereocenters. The van der Waals surface area contributed by atoms with E-state index in [1.165, 1.54) is 0 Å². The van der Waals surface area contributed by atoms with Gasteiger partial charge in [-0.15, -0.1) is 0 Å². The van der Waals surface area contributed by atoms with Crippen molar-refractivity contribution in [2.75, 3.05) is 0 Å². The van der Waals surface area contributed by atoms with E-state index < -0.39 is 28.6 Å². The normalized spacial score (nSPS) is 14.6. The molecule has 2 N–H and O–H groups in total. The van der Waals surface area contributed by atoms with Crippen LogP contribution in [0.1, 0.15) is 58.8 Å². The van der Waals surface area contributed by atoms with Crippen molar-refractivity contribution in [3.8, 4) is 0 Å². The number of carboxylic acids is 2. The summed E-state index contributed by atoms with van der Waals surface area (Å²) in [6.45, 7) is 15.0. The number of hydrogen-bond donors (Lipinski definition) is 2. The lowest BCUT2D eigenvalue weighted by molar-refractivity contribution is -0.136. The summed E-state index contributed by atoms with van der Waals surface area (Å²) < 4.78 is 6.30. The Kier molecular flexibility index (Phi) is 11.4. The average Bonchev–Trinajstić information content (AvgIpc) is 2.49. The lowest BCUT2D eigenvalue weighted by Crippen LogP contribution is -2.42. The molecule has 0 saturated heterocycles. The third-order valence-electron chi connectivity index (χ3n) is 4.70. The maximum atomic E-state index is 11.8. The molecule has 0 aliphatic heterocycles. The lowest BCUT2D eigenvalue weighted by Gasteiger charge is -2.31. The van der Waals surface area contributed by atoms with Crippen LogP contribution in [0.4, 0.5) is 0 Å². The zero-order valence-electron chi connectivity index (χ0n) is 18.4. The Bertz CT molecular complexity index is 521. The molecule has 7 heteroatoms. The fourth-order valence-corrected chi connectivity index (χ4v) is 11.6. The van der Waals surface area contributed by atoms with Crippen LogP contribution in [-0.2, 0) is 13.7 Å². The predicted molar refractivity (Wildman–Crippen MR) is 116 cm³/mol. The zero-order valence-corrected chi connectivity index (χ0v) is 20.4. The van der Waals surface area contributed by atoms with Crippen LogP contribution in [-0.4, -0.2) is 38.8 Å². The highest BCUT2D eigenvalue weighted by atomic mass is 28.4. The van der Waals surface area contributed by atoms with Crippen molar-refractivity contribution in [3.05, 3.63) is 11.1 Å². The first-order valence-electron chi connectivity index (χ1n) is 10.2. The van der Waals surface area contributed by atoms with E-state index in [4.69, 9.17) is 4.12 Å². The van der Waals surface area contributed by atoms with Gasteiger partial charge in [-0.3, -0.25) is 0 Å². The molecular formula is C20H40O5Si2. The molecule has 27 heavy (non-hydrogen) atoms. The van der Waals surface area contributed by atoms with Crippen molar-refractivity contribution >= 4 is 28.6 Å². The Balaban J connectivity index is 5.25. The fraction of sp³-hybridized carbons (Fsp3) is 0.800. The molecule has 1 unspecified atom stereocenters. The Hall–Kier alpha value is -0.926. The standard InChI is InChI=1S/C20H40O5Si2/c1-8-10-12-16(9-2)15-18(20(23)24)17(19(21)22)13-11-14-27(6,7)25-26(3,4)5/h16H,8-15H2,1-7H3,(H,21,22)(H,23,24)/b18-17+. The molecular weight excluding hydrogens is 376 g/mol. The molecule has 0 aliphatic carbocycles. The smallest absolute Gasteiger partial charge is 0.332 e. The lowest BCUT2D eigenvalue weighted by atomic mass is 9.89. The number of carboxylic acid groups (broad SMARTS) is 2. The first-order valence-corrected chi connectivity index (χ1v) is 16.7. The number of unbranched alkanes of at least 4 members (excludes halogenated alkanes) is 1. The van der Waals surface area contributed by atoms with Gasteiger partial charge in [0, 0.05) is 11.1 Å². The van der Waals surface area contributed by atoms with Gasteiger partial charge >= 0.3 is 11.9 Å². The highest BCUT2D eigenvalue weighted by Gasteiger charge is 2.30. The summed E-state index contributed by atoms with van der Waals surface area (Å²) in [5, 5.41) is 19.3. The molecule has 0 aromatic rings. The molecule has 5 nitrogen and oxygen atoms in total. The van der Waals surface area contributed by atoms with Crippen molar-refractivity contribution < 1.29 is 23.9 Å². The van der Waals surface area contributed by atoms with Gasteiger partial charge in [0.05, 0.1) is 0 Å². The van der Waals surface area contributed by atoms with E-state index in [0.29, 0.717) is 19.3 Å². The molecule has 0 aromatic carbocycles. The van der Waals surface area contributed by atoms with Crippen molar-refractivity contribution in [1.29, 1.82) is 0 Å². The second-order valence-corrected chi connectivity index (χ2v) is 18.1. The Morgan fingerprint density at radius 3 is 1.89 bits per heavy atom. The summed E-state index contributed by atoms with van der Waals surface area (Å²) in [5.41, 5.74) is 0.172. The number of rotatable bonds is 14. The van der Waals surface area contributed by atoms with Gasteiger partial charge < -0.3 is 14.3 Å². The van der Waals surface area contributed by atoms with Crippen LogP contribution < -0.4 is 0 Å². The summed E-state index contributed by atoms with van der Waals surface area (Å²) in [7, 11) is -3.49. The van der Waals surface area contributed by atoms with Crippen LogP contribution >= 0.6 is 0 Å². The minimum Gasteiger partial charge on any atom is -0.478 e. The van der Waals surface area contributed by atoms with Crippen LogP contribution in [0.25, 0.3) is 0 Å². The molecule has 0 spiro atoms. The first-order chi connectivity index (χ1) is 12.3. The van der Waals surface area contributed by atoms with Gasteiger partial charge in [0.25, 0.3) is 0 Å². The van der Waals surface area contributed by atoms with Gasteiger partial charge in [0.15, 0.2) is 16.6 Å². The Morgan fingerprint density at radius 2 is 1.48 bits per heavy atom. The second kappa shape index (κ2) is 11.8. The number of aliphatic carboxylic acids is 2. The molecule has 0 fully saturated rings. The van der Waals surface area contributed by atoms with Crippen LogP contribution in [0.2, 0.25) is 38.8 Å². The van der Waals surface area contributed by atoms with E-state index in [0.717, 1.165) is 31.7 Å². The maximum Gasteiger partial charge on any atom is 0.332 e. The summed E-state index contributed by atoms with van der Waals surface area (Å²) in [5.74, 6) is -1.95. The largest absolute Gasteiger partial charge is 0.478 e. The molecule has 158 valence electrons. The van der Waals surface area contributed by atoms with Crippen molar-refractivity contribution in [1.82, 2.24) is 0 Å². The summed E-state index contributed by atoms with van der Waals surface area (Å²) >= 11 is 0. The van der Waals surface area contributed by atoms with Gasteiger partial charge in [-0.05, 0) is 64.0 Å². The van der Waals surface area contributed by atoms with E-state index in [2.05, 4.69) is 39.7 Å². The quantitative estimate of drug-likeness (QED) is 0.272. The SMILES string of the molecule is CCCCC(CC)C/C(C(=O)O)=C(/CCC[Si](C)(C)O[Si](C)(C)C)C(=O)O. The van der Waals surface area contributed by atoms with Crippen LogP contribution in [0, 0.1) is 5.92 Å². The van der Waals surface area contributed by atoms with Crippen molar-refractivity contribution in [2.24, 2.45) is 5.92 Å². The Morgan fingerprint density at radius 1 is 0.926 bits per heavy atom. The highest BCUT2D eigenvalue weighted by Crippen LogP contribution is 2.27. The van der Waals surface area contributed by atoms with Gasteiger partial charge in [0.1, 0.15) is 0 Å². The second-order valence-electron chi connectivity index (χ2n) is 9.02. The number of hydrogen-bond acceptors (Lipinski definition) is 3. The molecule has 0 aliphatic rings.